The van der Waals surface area contributed by atoms with Gasteiger partial charge in [-0.3, -0.25) is 0 Å². The smallest absolute Gasteiger partial charge is 0.0257 e. The Balaban J connectivity index is -0.000000167. The fourth-order valence-electron chi connectivity index (χ4n) is 1.12. The first kappa shape index (κ1) is 23.7. The van der Waals surface area contributed by atoms with Crippen LogP contribution in [0.25, 0.3) is 0 Å². The molecule has 0 spiro atoms. The second-order valence-electron chi connectivity index (χ2n) is 6.12. The van der Waals surface area contributed by atoms with E-state index in [-0.39, 0.29) is 22.3 Å². The van der Waals surface area contributed by atoms with E-state index in [0.29, 0.717) is 16.2 Å². The zero-order valence-corrected chi connectivity index (χ0v) is 9.50. The number of hydrogen-bond donors (Lipinski definition) is 0. The van der Waals surface area contributed by atoms with Gasteiger partial charge in [0.05, 0.1) is 0 Å². The summed E-state index contributed by atoms with van der Waals surface area (Å²) in [5, 5.41) is 0. The molecule has 0 N–H and O–H groups in total. The molecule has 0 amide bonds. The molecule has 0 aromatic heterocycles. The molecular formula is C14H36. The van der Waals surface area contributed by atoms with E-state index < -0.39 is 0 Å². The van der Waals surface area contributed by atoms with E-state index >= 15 is 0 Å². The normalized spacial score (nSPS) is 12.0. The van der Waals surface area contributed by atoms with E-state index in [0.717, 1.165) is 0 Å². The Morgan fingerprint density at radius 1 is 0.429 bits per heavy atom. The molecule has 0 bridgehead atoms. The molecule has 0 aliphatic heterocycles. The summed E-state index contributed by atoms with van der Waals surface area (Å²) in [6.45, 7) is 18.6. The molecule has 0 aromatic rings. The average molecular weight is 204 g/mol. The van der Waals surface area contributed by atoms with Gasteiger partial charge in [-0.25, -0.2) is 0 Å². The van der Waals surface area contributed by atoms with Gasteiger partial charge < -0.3 is 0 Å². The molecule has 14 heavy (non-hydrogen) atoms. The molecule has 0 unspecified atom stereocenters. The molecule has 0 aliphatic rings. The average Bonchev–Trinajstić information content (AvgIpc) is 1.58. The Labute approximate surface area is 94.5 Å². The summed E-state index contributed by atoms with van der Waals surface area (Å²) in [6.07, 6.45) is 0. The lowest BCUT2D eigenvalue weighted by molar-refractivity contribution is 0.00575. The van der Waals surface area contributed by atoms with Gasteiger partial charge in [-0.1, -0.05) is 77.7 Å². The van der Waals surface area contributed by atoms with Crippen molar-refractivity contribution in [2.24, 2.45) is 16.2 Å². The van der Waals surface area contributed by atoms with Crippen LogP contribution >= 0.6 is 0 Å². The van der Waals surface area contributed by atoms with E-state index in [2.05, 4.69) is 55.4 Å². The quantitative estimate of drug-likeness (QED) is 0.453. The molecule has 0 heterocycles. The first-order valence-electron chi connectivity index (χ1n) is 4.50. The molecule has 0 aliphatic carbocycles. The second-order valence-corrected chi connectivity index (χ2v) is 6.12. The van der Waals surface area contributed by atoms with E-state index in [1.165, 1.54) is 0 Å². The van der Waals surface area contributed by atoms with Crippen molar-refractivity contribution in [3.05, 3.63) is 0 Å². The lowest BCUT2D eigenvalue weighted by Gasteiger charge is -2.49. The minimum Gasteiger partial charge on any atom is -0.0776 e. The van der Waals surface area contributed by atoms with E-state index in [4.69, 9.17) is 0 Å². The molecule has 0 nitrogen and oxygen atoms in total. The van der Waals surface area contributed by atoms with Crippen molar-refractivity contribution < 1.29 is 0 Å². The van der Waals surface area contributed by atoms with Crippen molar-refractivity contribution in [1.82, 2.24) is 0 Å². The first-order chi connectivity index (χ1) is 4.50. The standard InChI is InChI=1S/C11H24.3CH4/c1-9(2,3)11(7,8)10(4,5)6;;;/h1-8H3;3*1H4. The summed E-state index contributed by atoms with van der Waals surface area (Å²) in [5.74, 6) is 0. The van der Waals surface area contributed by atoms with Gasteiger partial charge in [0.1, 0.15) is 0 Å². The van der Waals surface area contributed by atoms with Gasteiger partial charge in [-0.15, -0.1) is 0 Å². The van der Waals surface area contributed by atoms with Crippen LogP contribution in [-0.2, 0) is 0 Å². The molecule has 0 rings (SSSR count). The highest BCUT2D eigenvalue weighted by Gasteiger charge is 2.42. The van der Waals surface area contributed by atoms with E-state index in [1.54, 1.807) is 0 Å². The largest absolute Gasteiger partial charge is 0.0776 e. The third-order valence-corrected chi connectivity index (χ3v) is 3.75. The van der Waals surface area contributed by atoms with Crippen LogP contribution in [0.3, 0.4) is 0 Å². The van der Waals surface area contributed by atoms with Gasteiger partial charge in [0, 0.05) is 0 Å². The molecule has 0 heteroatoms. The highest BCUT2D eigenvalue weighted by atomic mass is 14.5. The van der Waals surface area contributed by atoms with Crippen LogP contribution in [0.4, 0.5) is 0 Å². The summed E-state index contributed by atoms with van der Waals surface area (Å²) >= 11 is 0. The molecule has 0 radical (unpaired) electrons. The summed E-state index contributed by atoms with van der Waals surface area (Å²) < 4.78 is 0. The summed E-state index contributed by atoms with van der Waals surface area (Å²) in [6, 6.07) is 0. The van der Waals surface area contributed by atoms with Crippen LogP contribution in [-0.4, -0.2) is 0 Å². The zero-order valence-electron chi connectivity index (χ0n) is 9.50. The topological polar surface area (TPSA) is 0 Å². The lowest BCUT2D eigenvalue weighted by Crippen LogP contribution is -2.41. The maximum Gasteiger partial charge on any atom is -0.0257 e. The van der Waals surface area contributed by atoms with Gasteiger partial charge in [0.2, 0.25) is 0 Å². The third kappa shape index (κ3) is 4.48. The Kier molecular flexibility index (Phi) is 9.76. The van der Waals surface area contributed by atoms with Crippen molar-refractivity contribution >= 4 is 0 Å². The van der Waals surface area contributed by atoms with Gasteiger partial charge >= 0.3 is 0 Å². The highest BCUT2D eigenvalue weighted by molar-refractivity contribution is 4.91. The SMILES string of the molecule is C.C.C.CC(C)(C)C(C)(C)C(C)(C)C. The minimum atomic E-state index is 0. The van der Waals surface area contributed by atoms with Crippen LogP contribution in [0.1, 0.15) is 77.7 Å². The highest BCUT2D eigenvalue weighted by Crippen LogP contribution is 2.50. The van der Waals surface area contributed by atoms with Crippen molar-refractivity contribution in [3.63, 3.8) is 0 Å². The van der Waals surface area contributed by atoms with Gasteiger partial charge in [0.25, 0.3) is 0 Å². The van der Waals surface area contributed by atoms with Crippen molar-refractivity contribution in [3.8, 4) is 0 Å². The second kappa shape index (κ2) is 5.78. The summed E-state index contributed by atoms with van der Waals surface area (Å²) in [7, 11) is 0. The minimum absolute atomic E-state index is 0. The summed E-state index contributed by atoms with van der Waals surface area (Å²) in [5.41, 5.74) is 1.14. The molecule has 92 valence electrons. The maximum absolute atomic E-state index is 2.35. The molecular weight excluding hydrogens is 168 g/mol. The number of rotatable bonds is 0. The predicted molar refractivity (Wildman–Crippen MR) is 72.9 cm³/mol. The van der Waals surface area contributed by atoms with Gasteiger partial charge in [-0.05, 0) is 16.2 Å². The Morgan fingerprint density at radius 2 is 0.571 bits per heavy atom. The monoisotopic (exact) mass is 204 g/mol. The molecule has 0 aromatic carbocycles. The number of hydrogen-bond acceptors (Lipinski definition) is 0. The van der Waals surface area contributed by atoms with Crippen molar-refractivity contribution in [2.75, 3.05) is 0 Å². The van der Waals surface area contributed by atoms with E-state index in [1.807, 2.05) is 0 Å². The molecule has 0 saturated heterocycles. The van der Waals surface area contributed by atoms with Crippen molar-refractivity contribution in [2.45, 2.75) is 77.7 Å². The van der Waals surface area contributed by atoms with Crippen LogP contribution < -0.4 is 0 Å². The fraction of sp³-hybridized carbons (Fsp3) is 1.00. The molecule has 0 saturated carbocycles. The fourth-order valence-corrected chi connectivity index (χ4v) is 1.12. The van der Waals surface area contributed by atoms with Crippen LogP contribution in [0.5, 0.6) is 0 Å². The molecule has 0 atom stereocenters. The maximum atomic E-state index is 2.35. The Morgan fingerprint density at radius 3 is 0.571 bits per heavy atom. The first-order valence-corrected chi connectivity index (χ1v) is 4.50. The lowest BCUT2D eigenvalue weighted by atomic mass is 9.56. The van der Waals surface area contributed by atoms with Gasteiger partial charge in [0.15, 0.2) is 0 Å². The Bertz CT molecular complexity index is 111. The van der Waals surface area contributed by atoms with Crippen LogP contribution in [0, 0.1) is 16.2 Å². The predicted octanol–water partition coefficient (Wildman–Crippen LogP) is 6.01. The van der Waals surface area contributed by atoms with Crippen LogP contribution in [0.15, 0.2) is 0 Å². The summed E-state index contributed by atoms with van der Waals surface area (Å²) in [4.78, 5) is 0. The van der Waals surface area contributed by atoms with Gasteiger partial charge in [-0.2, -0.15) is 0 Å². The Hall–Kier alpha value is 0. The zero-order chi connectivity index (χ0) is 9.50. The third-order valence-electron chi connectivity index (χ3n) is 3.75. The molecule has 0 fully saturated rings. The van der Waals surface area contributed by atoms with E-state index in [9.17, 15) is 0 Å². The van der Waals surface area contributed by atoms with Crippen molar-refractivity contribution in [1.29, 1.82) is 0 Å². The van der Waals surface area contributed by atoms with Crippen LogP contribution in [0.2, 0.25) is 0 Å².